The van der Waals surface area contributed by atoms with Crippen molar-refractivity contribution in [3.63, 3.8) is 0 Å². The minimum atomic E-state index is 0.518. The summed E-state index contributed by atoms with van der Waals surface area (Å²) in [6, 6.07) is 17.5. The summed E-state index contributed by atoms with van der Waals surface area (Å²) in [6.45, 7) is 6.64. The summed E-state index contributed by atoms with van der Waals surface area (Å²) in [5, 5.41) is 1.21. The first kappa shape index (κ1) is 13.8. The lowest BCUT2D eigenvalue weighted by molar-refractivity contribution is 0.758. The first-order valence-corrected chi connectivity index (χ1v) is 7.54. The van der Waals surface area contributed by atoms with E-state index in [1.54, 1.807) is 0 Å². The molecule has 0 aliphatic heterocycles. The average molecular weight is 275 g/mol. The molecule has 1 aromatic heterocycles. The smallest absolute Gasteiger partial charge is 0.0704 e. The molecule has 1 atom stereocenters. The van der Waals surface area contributed by atoms with E-state index in [0.717, 1.165) is 11.9 Å². The molecule has 0 radical (unpaired) electrons. The molecule has 0 amide bonds. The van der Waals surface area contributed by atoms with Crippen LogP contribution in [0.3, 0.4) is 0 Å². The highest BCUT2D eigenvalue weighted by molar-refractivity contribution is 5.78. The standard InChI is InChI=1S/C20H21N/c1-14-9-15(2)11-19(10-14)16(3)12-17-6-7-18-5-4-8-21-20(18)13-17/h4-11,13,16H,12H2,1-3H3. The molecule has 0 saturated heterocycles. The number of benzene rings is 2. The van der Waals surface area contributed by atoms with Gasteiger partial charge >= 0.3 is 0 Å². The van der Waals surface area contributed by atoms with Crippen molar-refractivity contribution in [2.75, 3.05) is 0 Å². The van der Waals surface area contributed by atoms with Crippen LogP contribution in [-0.2, 0) is 6.42 Å². The van der Waals surface area contributed by atoms with Crippen LogP contribution in [-0.4, -0.2) is 4.98 Å². The highest BCUT2D eigenvalue weighted by atomic mass is 14.6. The molecule has 106 valence electrons. The van der Waals surface area contributed by atoms with Crippen LogP contribution in [0.2, 0.25) is 0 Å². The van der Waals surface area contributed by atoms with Gasteiger partial charge in [-0.3, -0.25) is 4.98 Å². The minimum absolute atomic E-state index is 0.518. The van der Waals surface area contributed by atoms with Gasteiger partial charge in [0.15, 0.2) is 0 Å². The van der Waals surface area contributed by atoms with Crippen LogP contribution in [0, 0.1) is 13.8 Å². The molecule has 3 aromatic rings. The van der Waals surface area contributed by atoms with Gasteiger partial charge in [0, 0.05) is 11.6 Å². The molecule has 0 spiro atoms. The number of rotatable bonds is 3. The van der Waals surface area contributed by atoms with Gasteiger partial charge in [0.2, 0.25) is 0 Å². The number of hydrogen-bond acceptors (Lipinski definition) is 1. The Morgan fingerprint density at radius 1 is 0.952 bits per heavy atom. The van der Waals surface area contributed by atoms with E-state index >= 15 is 0 Å². The fourth-order valence-corrected chi connectivity index (χ4v) is 3.00. The van der Waals surface area contributed by atoms with Crippen LogP contribution in [0.5, 0.6) is 0 Å². The van der Waals surface area contributed by atoms with Crippen LogP contribution in [0.4, 0.5) is 0 Å². The van der Waals surface area contributed by atoms with Gasteiger partial charge in [-0.1, -0.05) is 54.4 Å². The zero-order valence-corrected chi connectivity index (χ0v) is 12.9. The predicted octanol–water partition coefficient (Wildman–Crippen LogP) is 5.20. The Balaban J connectivity index is 1.86. The number of aryl methyl sites for hydroxylation is 2. The van der Waals surface area contributed by atoms with Gasteiger partial charge in [0.1, 0.15) is 0 Å². The normalized spacial score (nSPS) is 12.5. The second-order valence-electron chi connectivity index (χ2n) is 6.06. The molecule has 1 unspecified atom stereocenters. The minimum Gasteiger partial charge on any atom is -0.256 e. The second kappa shape index (κ2) is 5.69. The molecule has 0 saturated carbocycles. The van der Waals surface area contributed by atoms with Crippen molar-refractivity contribution in [1.29, 1.82) is 0 Å². The van der Waals surface area contributed by atoms with E-state index in [4.69, 9.17) is 0 Å². The fourth-order valence-electron chi connectivity index (χ4n) is 3.00. The zero-order chi connectivity index (χ0) is 14.8. The van der Waals surface area contributed by atoms with Crippen LogP contribution < -0.4 is 0 Å². The van der Waals surface area contributed by atoms with Gasteiger partial charge in [-0.2, -0.15) is 0 Å². The maximum Gasteiger partial charge on any atom is 0.0704 e. The summed E-state index contributed by atoms with van der Waals surface area (Å²) in [5.41, 5.74) is 6.55. The quantitative estimate of drug-likeness (QED) is 0.640. The fraction of sp³-hybridized carbons (Fsp3) is 0.250. The zero-order valence-electron chi connectivity index (χ0n) is 12.9. The lowest BCUT2D eigenvalue weighted by Gasteiger charge is -2.14. The molecule has 1 heterocycles. The summed E-state index contributed by atoms with van der Waals surface area (Å²) in [6.07, 6.45) is 2.91. The van der Waals surface area contributed by atoms with Crippen molar-refractivity contribution in [3.05, 3.63) is 77.0 Å². The van der Waals surface area contributed by atoms with E-state index < -0.39 is 0 Å². The van der Waals surface area contributed by atoms with Gasteiger partial charge in [-0.25, -0.2) is 0 Å². The van der Waals surface area contributed by atoms with E-state index in [2.05, 4.69) is 68.2 Å². The van der Waals surface area contributed by atoms with E-state index in [-0.39, 0.29) is 0 Å². The molecule has 1 nitrogen and oxygen atoms in total. The van der Waals surface area contributed by atoms with Gasteiger partial charge in [-0.15, -0.1) is 0 Å². The molecule has 0 fully saturated rings. The van der Waals surface area contributed by atoms with Crippen molar-refractivity contribution in [1.82, 2.24) is 4.98 Å². The van der Waals surface area contributed by atoms with Crippen molar-refractivity contribution in [2.45, 2.75) is 33.1 Å². The number of hydrogen-bond donors (Lipinski definition) is 0. The predicted molar refractivity (Wildman–Crippen MR) is 89.8 cm³/mol. The molecule has 2 aromatic carbocycles. The van der Waals surface area contributed by atoms with Crippen LogP contribution in [0.1, 0.15) is 35.1 Å². The van der Waals surface area contributed by atoms with Crippen molar-refractivity contribution >= 4 is 10.9 Å². The third-order valence-corrected chi connectivity index (χ3v) is 4.03. The van der Waals surface area contributed by atoms with Crippen LogP contribution in [0.15, 0.2) is 54.7 Å². The Hall–Kier alpha value is -2.15. The van der Waals surface area contributed by atoms with E-state index in [1.807, 2.05) is 12.3 Å². The van der Waals surface area contributed by atoms with Gasteiger partial charge in [0.25, 0.3) is 0 Å². The largest absolute Gasteiger partial charge is 0.256 e. The summed E-state index contributed by atoms with van der Waals surface area (Å²) < 4.78 is 0. The van der Waals surface area contributed by atoms with Gasteiger partial charge in [0.05, 0.1) is 5.52 Å². The average Bonchev–Trinajstić information content (AvgIpc) is 2.46. The number of pyridine rings is 1. The van der Waals surface area contributed by atoms with Crippen LogP contribution >= 0.6 is 0 Å². The summed E-state index contributed by atoms with van der Waals surface area (Å²) in [5.74, 6) is 0.518. The molecule has 0 N–H and O–H groups in total. The molecule has 1 heteroatoms. The van der Waals surface area contributed by atoms with Crippen molar-refractivity contribution in [3.8, 4) is 0 Å². The Morgan fingerprint density at radius 2 is 1.71 bits per heavy atom. The number of nitrogens with zero attached hydrogens (tertiary/aromatic N) is 1. The van der Waals surface area contributed by atoms with Gasteiger partial charge < -0.3 is 0 Å². The lowest BCUT2D eigenvalue weighted by atomic mass is 9.91. The van der Waals surface area contributed by atoms with Crippen molar-refractivity contribution in [2.24, 2.45) is 0 Å². The Kier molecular flexibility index (Phi) is 3.74. The highest BCUT2D eigenvalue weighted by Crippen LogP contribution is 2.24. The first-order valence-electron chi connectivity index (χ1n) is 7.54. The molecule has 0 aliphatic rings. The molecular weight excluding hydrogens is 254 g/mol. The lowest BCUT2D eigenvalue weighted by Crippen LogP contribution is -2.00. The monoisotopic (exact) mass is 275 g/mol. The third-order valence-electron chi connectivity index (χ3n) is 4.03. The van der Waals surface area contributed by atoms with Crippen LogP contribution in [0.25, 0.3) is 10.9 Å². The van der Waals surface area contributed by atoms with E-state index in [1.165, 1.54) is 27.6 Å². The Labute approximate surface area is 126 Å². The third kappa shape index (κ3) is 3.13. The molecule has 3 rings (SSSR count). The second-order valence-corrected chi connectivity index (χ2v) is 6.06. The molecule has 0 bridgehead atoms. The van der Waals surface area contributed by atoms with Gasteiger partial charge in [-0.05, 0) is 49.4 Å². The topological polar surface area (TPSA) is 12.9 Å². The van der Waals surface area contributed by atoms with E-state index in [0.29, 0.717) is 5.92 Å². The molecule has 21 heavy (non-hydrogen) atoms. The number of fused-ring (bicyclic) bond motifs is 1. The molecular formula is C20H21N. The SMILES string of the molecule is Cc1cc(C)cc(C(C)Cc2ccc3cccnc3c2)c1. The Morgan fingerprint density at radius 3 is 2.48 bits per heavy atom. The van der Waals surface area contributed by atoms with E-state index in [9.17, 15) is 0 Å². The summed E-state index contributed by atoms with van der Waals surface area (Å²) >= 11 is 0. The summed E-state index contributed by atoms with van der Waals surface area (Å²) in [4.78, 5) is 4.45. The Bertz CT molecular complexity index is 753. The summed E-state index contributed by atoms with van der Waals surface area (Å²) in [7, 11) is 0. The highest BCUT2D eigenvalue weighted by Gasteiger charge is 2.08. The molecule has 0 aliphatic carbocycles. The first-order chi connectivity index (χ1) is 10.1. The number of aromatic nitrogens is 1. The maximum absolute atomic E-state index is 4.45. The maximum atomic E-state index is 4.45. The van der Waals surface area contributed by atoms with Crippen molar-refractivity contribution < 1.29 is 0 Å².